The zero-order valence-corrected chi connectivity index (χ0v) is 15.9. The van der Waals surface area contributed by atoms with Crippen LogP contribution in [0.5, 0.6) is 0 Å². The number of hydrogen-bond acceptors (Lipinski definition) is 7. The first-order chi connectivity index (χ1) is 13.1. The second kappa shape index (κ2) is 7.42. The van der Waals surface area contributed by atoms with Gasteiger partial charge in [-0.3, -0.25) is 0 Å². The second-order valence-corrected chi connectivity index (χ2v) is 7.50. The van der Waals surface area contributed by atoms with Crippen molar-refractivity contribution in [2.24, 2.45) is 0 Å². The van der Waals surface area contributed by atoms with E-state index in [-0.39, 0.29) is 5.25 Å². The highest BCUT2D eigenvalue weighted by Gasteiger charge is 2.20. The SMILES string of the molecule is C[C@@H](Sc1nnc(-c2ccc(Cl)cc2)n1N)c1nnc(-c2ccccc2)o1. The van der Waals surface area contributed by atoms with Gasteiger partial charge < -0.3 is 10.3 Å². The molecule has 0 saturated heterocycles. The molecule has 0 aliphatic carbocycles. The zero-order chi connectivity index (χ0) is 18.8. The van der Waals surface area contributed by atoms with Crippen LogP contribution in [0.3, 0.4) is 0 Å². The highest BCUT2D eigenvalue weighted by atomic mass is 35.5. The largest absolute Gasteiger partial charge is 0.419 e. The van der Waals surface area contributed by atoms with Crippen LogP contribution in [-0.2, 0) is 0 Å². The normalized spacial score (nSPS) is 12.2. The van der Waals surface area contributed by atoms with E-state index in [1.807, 2.05) is 49.4 Å². The average molecular weight is 399 g/mol. The Hall–Kier alpha value is -2.84. The molecule has 0 radical (unpaired) electrons. The minimum absolute atomic E-state index is 0.139. The fraction of sp³-hybridized carbons (Fsp3) is 0.111. The van der Waals surface area contributed by atoms with Crippen LogP contribution in [0.2, 0.25) is 5.02 Å². The molecule has 0 aliphatic rings. The molecule has 2 heterocycles. The first-order valence-electron chi connectivity index (χ1n) is 8.13. The fourth-order valence-electron chi connectivity index (χ4n) is 2.46. The van der Waals surface area contributed by atoms with Gasteiger partial charge in [0.05, 0.1) is 5.25 Å². The summed E-state index contributed by atoms with van der Waals surface area (Å²) in [5.41, 5.74) is 1.71. The number of nitrogen functional groups attached to an aromatic ring is 1. The van der Waals surface area contributed by atoms with Crippen LogP contribution < -0.4 is 5.84 Å². The number of nitrogens with zero attached hydrogens (tertiary/aromatic N) is 5. The van der Waals surface area contributed by atoms with Crippen LogP contribution in [0.15, 0.2) is 64.2 Å². The molecule has 9 heteroatoms. The molecule has 4 aromatic rings. The highest BCUT2D eigenvalue weighted by Crippen LogP contribution is 2.34. The lowest BCUT2D eigenvalue weighted by Gasteiger charge is -2.06. The Morgan fingerprint density at radius 1 is 0.963 bits per heavy atom. The highest BCUT2D eigenvalue weighted by molar-refractivity contribution is 7.99. The molecule has 0 fully saturated rings. The molecule has 7 nitrogen and oxygen atoms in total. The predicted octanol–water partition coefficient (Wildman–Crippen LogP) is 4.22. The number of nitrogens with two attached hydrogens (primary N) is 1. The predicted molar refractivity (Wildman–Crippen MR) is 105 cm³/mol. The molecule has 0 spiro atoms. The van der Waals surface area contributed by atoms with Gasteiger partial charge in [-0.1, -0.05) is 41.6 Å². The summed E-state index contributed by atoms with van der Waals surface area (Å²) in [5, 5.41) is 17.7. The summed E-state index contributed by atoms with van der Waals surface area (Å²) in [6.07, 6.45) is 0. The van der Waals surface area contributed by atoms with Crippen molar-refractivity contribution in [3.05, 3.63) is 65.5 Å². The number of rotatable bonds is 5. The minimum atomic E-state index is -0.139. The Bertz CT molecular complexity index is 1050. The van der Waals surface area contributed by atoms with Gasteiger partial charge in [-0.15, -0.1) is 20.4 Å². The lowest BCUT2D eigenvalue weighted by Crippen LogP contribution is -2.12. The van der Waals surface area contributed by atoms with Crippen molar-refractivity contribution in [3.63, 3.8) is 0 Å². The fourth-order valence-corrected chi connectivity index (χ4v) is 3.38. The molecular formula is C18H15ClN6OS. The summed E-state index contributed by atoms with van der Waals surface area (Å²) < 4.78 is 7.24. The van der Waals surface area contributed by atoms with Crippen molar-refractivity contribution >= 4 is 23.4 Å². The van der Waals surface area contributed by atoms with Crippen LogP contribution in [-0.4, -0.2) is 25.1 Å². The maximum absolute atomic E-state index is 6.17. The van der Waals surface area contributed by atoms with E-state index in [9.17, 15) is 0 Å². The summed E-state index contributed by atoms with van der Waals surface area (Å²) in [6, 6.07) is 16.9. The Balaban J connectivity index is 1.53. The molecule has 0 aliphatic heterocycles. The van der Waals surface area contributed by atoms with Gasteiger partial charge in [0.25, 0.3) is 0 Å². The summed E-state index contributed by atoms with van der Waals surface area (Å²) in [7, 11) is 0. The minimum Gasteiger partial charge on any atom is -0.419 e. The van der Waals surface area contributed by atoms with E-state index >= 15 is 0 Å². The van der Waals surface area contributed by atoms with Gasteiger partial charge in [0.15, 0.2) is 5.82 Å². The lowest BCUT2D eigenvalue weighted by molar-refractivity contribution is 0.509. The summed E-state index contributed by atoms with van der Waals surface area (Å²) in [6.45, 7) is 1.95. The van der Waals surface area contributed by atoms with Crippen LogP contribution >= 0.6 is 23.4 Å². The molecule has 2 N–H and O–H groups in total. The maximum atomic E-state index is 6.17. The molecule has 0 amide bonds. The third-order valence-corrected chi connectivity index (χ3v) is 5.15. The van der Waals surface area contributed by atoms with Gasteiger partial charge in [-0.25, -0.2) is 4.68 Å². The van der Waals surface area contributed by atoms with Crippen LogP contribution in [0.4, 0.5) is 0 Å². The smallest absolute Gasteiger partial charge is 0.247 e. The quantitative estimate of drug-likeness (QED) is 0.397. The Labute approximate surface area is 164 Å². The van der Waals surface area contributed by atoms with E-state index in [1.165, 1.54) is 16.4 Å². The van der Waals surface area contributed by atoms with Gasteiger partial charge in [0.1, 0.15) is 0 Å². The maximum Gasteiger partial charge on any atom is 0.247 e. The van der Waals surface area contributed by atoms with Crippen molar-refractivity contribution in [2.75, 3.05) is 5.84 Å². The van der Waals surface area contributed by atoms with Crippen molar-refractivity contribution in [1.29, 1.82) is 0 Å². The van der Waals surface area contributed by atoms with E-state index in [1.54, 1.807) is 12.1 Å². The first-order valence-corrected chi connectivity index (χ1v) is 9.39. The lowest BCUT2D eigenvalue weighted by atomic mass is 10.2. The van der Waals surface area contributed by atoms with Crippen LogP contribution in [0.25, 0.3) is 22.8 Å². The molecule has 27 heavy (non-hydrogen) atoms. The van der Waals surface area contributed by atoms with Crippen molar-refractivity contribution < 1.29 is 4.42 Å². The number of hydrogen-bond donors (Lipinski definition) is 1. The summed E-state index contributed by atoms with van der Waals surface area (Å²) in [4.78, 5) is 0. The Morgan fingerprint density at radius 2 is 1.70 bits per heavy atom. The molecule has 136 valence electrons. The van der Waals surface area contributed by atoms with Crippen LogP contribution in [0.1, 0.15) is 18.1 Å². The molecule has 2 aromatic heterocycles. The van der Waals surface area contributed by atoms with Gasteiger partial charge >= 0.3 is 0 Å². The molecular weight excluding hydrogens is 384 g/mol. The summed E-state index contributed by atoms with van der Waals surface area (Å²) in [5.74, 6) is 7.70. The molecule has 0 unspecified atom stereocenters. The van der Waals surface area contributed by atoms with Gasteiger partial charge in [-0.05, 0) is 43.3 Å². The first kappa shape index (κ1) is 17.6. The second-order valence-electron chi connectivity index (χ2n) is 5.75. The number of benzene rings is 2. The third kappa shape index (κ3) is 3.67. The zero-order valence-electron chi connectivity index (χ0n) is 14.3. The van der Waals surface area contributed by atoms with E-state index < -0.39 is 0 Å². The van der Waals surface area contributed by atoms with Crippen LogP contribution in [0, 0.1) is 0 Å². The van der Waals surface area contributed by atoms with Crippen molar-refractivity contribution in [3.8, 4) is 22.8 Å². The number of halogens is 1. The Morgan fingerprint density at radius 3 is 2.44 bits per heavy atom. The van der Waals surface area contributed by atoms with E-state index in [0.29, 0.717) is 27.8 Å². The van der Waals surface area contributed by atoms with Crippen molar-refractivity contribution in [1.82, 2.24) is 25.1 Å². The van der Waals surface area contributed by atoms with Gasteiger partial charge in [-0.2, -0.15) is 0 Å². The van der Waals surface area contributed by atoms with E-state index in [0.717, 1.165) is 11.1 Å². The molecule has 0 bridgehead atoms. The standard InChI is InChI=1S/C18H15ClN6OS/c1-11(16-22-23-17(26-16)13-5-3-2-4-6-13)27-18-24-21-15(25(18)20)12-7-9-14(19)10-8-12/h2-11H,20H2,1H3/t11-/m1/s1. The van der Waals surface area contributed by atoms with E-state index in [2.05, 4.69) is 20.4 Å². The van der Waals surface area contributed by atoms with Gasteiger partial charge in [0.2, 0.25) is 16.9 Å². The molecule has 2 aromatic carbocycles. The summed E-state index contributed by atoms with van der Waals surface area (Å²) >= 11 is 7.32. The number of thioether (sulfide) groups is 1. The Kier molecular flexibility index (Phi) is 4.83. The monoisotopic (exact) mass is 398 g/mol. The molecule has 0 saturated carbocycles. The number of aromatic nitrogens is 5. The molecule has 4 rings (SSSR count). The topological polar surface area (TPSA) is 95.7 Å². The van der Waals surface area contributed by atoms with Gasteiger partial charge in [0, 0.05) is 16.1 Å². The van der Waals surface area contributed by atoms with E-state index in [4.69, 9.17) is 21.9 Å². The third-order valence-electron chi connectivity index (χ3n) is 3.86. The molecule has 1 atom stereocenters. The average Bonchev–Trinajstić information content (AvgIpc) is 3.31. The van der Waals surface area contributed by atoms with Crippen molar-refractivity contribution in [2.45, 2.75) is 17.3 Å².